The van der Waals surface area contributed by atoms with Gasteiger partial charge in [0.2, 0.25) is 0 Å². The van der Waals surface area contributed by atoms with E-state index in [2.05, 4.69) is 10.3 Å². The zero-order chi connectivity index (χ0) is 20.2. The molecular formula is C21H20N2O5S. The van der Waals surface area contributed by atoms with Crippen LogP contribution < -0.4 is 10.1 Å². The fraction of sp³-hybridized carbons (Fsp3) is 0.286. The number of ketones is 1. The van der Waals surface area contributed by atoms with Crippen LogP contribution in [-0.2, 0) is 4.74 Å². The first-order chi connectivity index (χ1) is 14.2. The van der Waals surface area contributed by atoms with Crippen LogP contribution in [0.15, 0.2) is 47.1 Å². The van der Waals surface area contributed by atoms with Gasteiger partial charge in [-0.2, -0.15) is 0 Å². The molecule has 29 heavy (non-hydrogen) atoms. The minimum Gasteiger partial charge on any atom is -0.497 e. The molecule has 8 heteroatoms. The zero-order valence-corrected chi connectivity index (χ0v) is 16.7. The molecule has 0 aliphatic carbocycles. The van der Waals surface area contributed by atoms with Gasteiger partial charge >= 0.3 is 0 Å². The van der Waals surface area contributed by atoms with Crippen molar-refractivity contribution in [3.63, 3.8) is 0 Å². The lowest BCUT2D eigenvalue weighted by Crippen LogP contribution is -2.23. The van der Waals surface area contributed by atoms with Crippen LogP contribution in [0, 0.1) is 5.92 Å². The summed E-state index contributed by atoms with van der Waals surface area (Å²) in [6, 6.07) is 10.3. The van der Waals surface area contributed by atoms with Gasteiger partial charge in [0.05, 0.1) is 13.4 Å². The summed E-state index contributed by atoms with van der Waals surface area (Å²) < 4.78 is 15.9. The molecule has 1 aliphatic heterocycles. The van der Waals surface area contributed by atoms with E-state index in [0.29, 0.717) is 58.8 Å². The molecule has 0 unspecified atom stereocenters. The van der Waals surface area contributed by atoms with E-state index >= 15 is 0 Å². The summed E-state index contributed by atoms with van der Waals surface area (Å²) in [6.45, 7) is 1.15. The summed E-state index contributed by atoms with van der Waals surface area (Å²) in [7, 11) is 1.57. The molecule has 1 aliphatic rings. The number of benzene rings is 1. The van der Waals surface area contributed by atoms with Crippen molar-refractivity contribution in [2.75, 3.05) is 25.6 Å². The number of nitrogens with one attached hydrogen (secondary N) is 1. The Balaban J connectivity index is 1.60. The lowest BCUT2D eigenvalue weighted by atomic mass is 9.94. The van der Waals surface area contributed by atoms with Gasteiger partial charge < -0.3 is 13.9 Å². The Morgan fingerprint density at radius 1 is 1.17 bits per heavy atom. The molecule has 2 aromatic heterocycles. The van der Waals surface area contributed by atoms with Crippen molar-refractivity contribution in [2.45, 2.75) is 12.8 Å². The van der Waals surface area contributed by atoms with E-state index in [4.69, 9.17) is 13.9 Å². The van der Waals surface area contributed by atoms with E-state index < -0.39 is 0 Å². The van der Waals surface area contributed by atoms with Gasteiger partial charge in [-0.25, -0.2) is 4.98 Å². The normalized spacial score (nSPS) is 14.5. The van der Waals surface area contributed by atoms with Gasteiger partial charge in [0, 0.05) is 24.7 Å². The van der Waals surface area contributed by atoms with E-state index in [1.54, 1.807) is 43.5 Å². The fourth-order valence-corrected chi connectivity index (χ4v) is 4.16. The number of carbonyl (C=O) groups excluding carboxylic acids is 2. The second-order valence-corrected chi connectivity index (χ2v) is 7.61. The third-order valence-corrected chi connectivity index (χ3v) is 5.76. The summed E-state index contributed by atoms with van der Waals surface area (Å²) in [5.74, 6) is 0.768. The van der Waals surface area contributed by atoms with Crippen LogP contribution in [0.1, 0.15) is 32.9 Å². The summed E-state index contributed by atoms with van der Waals surface area (Å²) in [5, 5.41) is 3.14. The average molecular weight is 412 g/mol. The average Bonchev–Trinajstić information content (AvgIpc) is 3.44. The number of amides is 1. The van der Waals surface area contributed by atoms with E-state index in [0.717, 1.165) is 0 Å². The molecule has 150 valence electrons. The number of aromatic nitrogens is 1. The van der Waals surface area contributed by atoms with Crippen LogP contribution >= 0.6 is 11.3 Å². The molecule has 1 aromatic carbocycles. The number of methoxy groups -OCH3 is 1. The predicted molar refractivity (Wildman–Crippen MR) is 109 cm³/mol. The van der Waals surface area contributed by atoms with Crippen molar-refractivity contribution in [3.8, 4) is 17.2 Å². The first-order valence-corrected chi connectivity index (χ1v) is 10.1. The molecule has 1 N–H and O–H groups in total. The predicted octanol–water partition coefficient (Wildman–Crippen LogP) is 4.27. The van der Waals surface area contributed by atoms with Gasteiger partial charge in [0.25, 0.3) is 5.91 Å². The number of rotatable bonds is 6. The molecule has 3 aromatic rings. The van der Waals surface area contributed by atoms with Crippen LogP contribution in [0.2, 0.25) is 0 Å². The lowest BCUT2D eigenvalue weighted by Gasteiger charge is -2.20. The van der Waals surface area contributed by atoms with Gasteiger partial charge in [-0.3, -0.25) is 14.9 Å². The maximum atomic E-state index is 13.1. The topological polar surface area (TPSA) is 90.7 Å². The number of thiazole rings is 1. The number of Topliss-reactive ketones (excluding diaryl/α,β-unsaturated/α-hetero) is 1. The van der Waals surface area contributed by atoms with Gasteiger partial charge in [0.15, 0.2) is 16.7 Å². The molecule has 0 saturated carbocycles. The Morgan fingerprint density at radius 2 is 1.93 bits per heavy atom. The molecule has 0 radical (unpaired) electrons. The maximum absolute atomic E-state index is 13.1. The molecule has 0 bridgehead atoms. The van der Waals surface area contributed by atoms with Crippen molar-refractivity contribution < 1.29 is 23.5 Å². The van der Waals surface area contributed by atoms with Crippen LogP contribution in [0.25, 0.3) is 11.5 Å². The standard InChI is InChI=1S/C21H20N2O5S/c1-26-15-6-4-14(5-7-15)20(25)23-21-22-17(16-3-2-10-28-16)19(29-21)18(24)13-8-11-27-12-9-13/h2-7,10,13H,8-9,11-12H2,1H3,(H,22,23,25). The lowest BCUT2D eigenvalue weighted by molar-refractivity contribution is 0.0547. The molecule has 1 fully saturated rings. The van der Waals surface area contributed by atoms with Crippen molar-refractivity contribution in [3.05, 3.63) is 53.1 Å². The third kappa shape index (κ3) is 4.23. The highest BCUT2D eigenvalue weighted by Gasteiger charge is 2.29. The van der Waals surface area contributed by atoms with E-state index in [1.165, 1.54) is 17.6 Å². The van der Waals surface area contributed by atoms with Gasteiger partial charge in [-0.05, 0) is 49.2 Å². The van der Waals surface area contributed by atoms with Gasteiger partial charge in [-0.15, -0.1) is 0 Å². The van der Waals surface area contributed by atoms with Crippen LogP contribution in [0.4, 0.5) is 5.13 Å². The second-order valence-electron chi connectivity index (χ2n) is 6.61. The highest BCUT2D eigenvalue weighted by Crippen LogP contribution is 2.35. The van der Waals surface area contributed by atoms with Gasteiger partial charge in [-0.1, -0.05) is 11.3 Å². The summed E-state index contributed by atoms with van der Waals surface area (Å²) in [4.78, 5) is 30.7. The van der Waals surface area contributed by atoms with Crippen molar-refractivity contribution >= 4 is 28.2 Å². The molecule has 4 rings (SSSR count). The minimum atomic E-state index is -0.308. The maximum Gasteiger partial charge on any atom is 0.257 e. The summed E-state index contributed by atoms with van der Waals surface area (Å²) in [5.41, 5.74) is 0.930. The molecule has 7 nitrogen and oxygen atoms in total. The molecule has 0 spiro atoms. The molecule has 1 amide bonds. The summed E-state index contributed by atoms with van der Waals surface area (Å²) in [6.07, 6.45) is 2.90. The zero-order valence-electron chi connectivity index (χ0n) is 15.8. The number of ether oxygens (including phenoxy) is 2. The largest absolute Gasteiger partial charge is 0.497 e. The second kappa shape index (κ2) is 8.59. The van der Waals surface area contributed by atoms with Crippen LogP contribution in [0.5, 0.6) is 5.75 Å². The first-order valence-electron chi connectivity index (χ1n) is 9.28. The number of anilines is 1. The molecule has 1 saturated heterocycles. The van der Waals surface area contributed by atoms with E-state index in [-0.39, 0.29) is 17.6 Å². The van der Waals surface area contributed by atoms with Crippen LogP contribution in [0.3, 0.4) is 0 Å². The van der Waals surface area contributed by atoms with Crippen molar-refractivity contribution in [2.24, 2.45) is 5.92 Å². The Kier molecular flexibility index (Phi) is 5.73. The molecule has 3 heterocycles. The van der Waals surface area contributed by atoms with Crippen molar-refractivity contribution in [1.29, 1.82) is 0 Å². The minimum absolute atomic E-state index is 0.0159. The monoisotopic (exact) mass is 412 g/mol. The number of hydrogen-bond donors (Lipinski definition) is 1. The fourth-order valence-electron chi connectivity index (χ4n) is 3.18. The van der Waals surface area contributed by atoms with E-state index in [1.807, 2.05) is 0 Å². The van der Waals surface area contributed by atoms with Crippen LogP contribution in [-0.4, -0.2) is 37.0 Å². The quantitative estimate of drug-likeness (QED) is 0.608. The first kappa shape index (κ1) is 19.4. The smallest absolute Gasteiger partial charge is 0.257 e. The Hall–Kier alpha value is -2.97. The highest BCUT2D eigenvalue weighted by molar-refractivity contribution is 7.18. The Labute approximate surface area is 171 Å². The summed E-state index contributed by atoms with van der Waals surface area (Å²) >= 11 is 1.17. The molecule has 0 atom stereocenters. The molecular weight excluding hydrogens is 392 g/mol. The van der Waals surface area contributed by atoms with E-state index in [9.17, 15) is 9.59 Å². The number of carbonyl (C=O) groups is 2. The van der Waals surface area contributed by atoms with Gasteiger partial charge in [0.1, 0.15) is 16.3 Å². The Bertz CT molecular complexity index is 989. The Morgan fingerprint density at radius 3 is 2.59 bits per heavy atom. The third-order valence-electron chi connectivity index (χ3n) is 4.77. The van der Waals surface area contributed by atoms with Crippen molar-refractivity contribution in [1.82, 2.24) is 4.98 Å². The number of furan rings is 1. The SMILES string of the molecule is COc1ccc(C(=O)Nc2nc(-c3ccco3)c(C(=O)C3CCOCC3)s2)cc1. The highest BCUT2D eigenvalue weighted by atomic mass is 32.1. The number of nitrogens with zero attached hydrogens (tertiary/aromatic N) is 1. The number of hydrogen-bond acceptors (Lipinski definition) is 7.